The molecule has 0 bridgehead atoms. The number of nitrogens with zero attached hydrogens (tertiary/aromatic N) is 2. The van der Waals surface area contributed by atoms with Crippen molar-refractivity contribution in [2.75, 3.05) is 0 Å². The van der Waals surface area contributed by atoms with Crippen LogP contribution in [0.4, 0.5) is 4.39 Å². The molecule has 1 aromatic carbocycles. The van der Waals surface area contributed by atoms with Gasteiger partial charge < -0.3 is 9.51 Å². The molecule has 1 N–H and O–H groups in total. The SMILES string of the molecule is Oc1ccc2nc(Cc3ccc(F)cc3)cn2c1. The highest BCUT2D eigenvalue weighted by Crippen LogP contribution is 2.14. The van der Waals surface area contributed by atoms with Gasteiger partial charge in [0.05, 0.1) is 11.9 Å². The predicted molar refractivity (Wildman–Crippen MR) is 66.1 cm³/mol. The fraction of sp³-hybridized carbons (Fsp3) is 0.0714. The number of benzene rings is 1. The lowest BCUT2D eigenvalue weighted by Gasteiger charge is -1.96. The number of aromatic hydroxyl groups is 1. The van der Waals surface area contributed by atoms with Gasteiger partial charge in [-0.25, -0.2) is 9.37 Å². The zero-order valence-corrected chi connectivity index (χ0v) is 9.55. The van der Waals surface area contributed by atoms with Crippen LogP contribution in [0.25, 0.3) is 5.65 Å². The van der Waals surface area contributed by atoms with E-state index in [0.717, 1.165) is 16.9 Å². The zero-order chi connectivity index (χ0) is 12.5. The van der Waals surface area contributed by atoms with Crippen LogP contribution in [0.1, 0.15) is 11.3 Å². The lowest BCUT2D eigenvalue weighted by Crippen LogP contribution is -1.88. The fourth-order valence-electron chi connectivity index (χ4n) is 1.93. The standard InChI is InChI=1S/C14H11FN2O/c15-11-3-1-10(2-4-11)7-12-8-17-9-13(18)5-6-14(17)16-12/h1-6,8-9,18H,7H2. The lowest BCUT2D eigenvalue weighted by atomic mass is 10.1. The molecule has 0 amide bonds. The van der Waals surface area contributed by atoms with E-state index in [4.69, 9.17) is 0 Å². The lowest BCUT2D eigenvalue weighted by molar-refractivity contribution is 0.472. The van der Waals surface area contributed by atoms with Crippen LogP contribution in [0.15, 0.2) is 48.8 Å². The van der Waals surface area contributed by atoms with Gasteiger partial charge in [-0.3, -0.25) is 0 Å². The van der Waals surface area contributed by atoms with Gasteiger partial charge in [0.1, 0.15) is 17.2 Å². The fourth-order valence-corrected chi connectivity index (χ4v) is 1.93. The molecule has 0 aliphatic carbocycles. The molecule has 3 nitrogen and oxygen atoms in total. The molecule has 2 aromatic heterocycles. The first-order chi connectivity index (χ1) is 8.70. The largest absolute Gasteiger partial charge is 0.506 e. The van der Waals surface area contributed by atoms with Crippen LogP contribution in [0.3, 0.4) is 0 Å². The van der Waals surface area contributed by atoms with Gasteiger partial charge >= 0.3 is 0 Å². The smallest absolute Gasteiger partial charge is 0.137 e. The van der Waals surface area contributed by atoms with Gasteiger partial charge in [-0.15, -0.1) is 0 Å². The summed E-state index contributed by atoms with van der Waals surface area (Å²) in [6, 6.07) is 9.73. The number of hydrogen-bond donors (Lipinski definition) is 1. The van der Waals surface area contributed by atoms with E-state index in [2.05, 4.69) is 4.98 Å². The Morgan fingerprint density at radius 3 is 2.61 bits per heavy atom. The van der Waals surface area contributed by atoms with Crippen LogP contribution in [0, 0.1) is 5.82 Å². The number of rotatable bonds is 2. The van der Waals surface area contributed by atoms with Crippen molar-refractivity contribution in [3.8, 4) is 5.75 Å². The molecule has 0 aliphatic heterocycles. The Labute approximate surface area is 103 Å². The van der Waals surface area contributed by atoms with Crippen molar-refractivity contribution >= 4 is 5.65 Å². The van der Waals surface area contributed by atoms with Crippen molar-refractivity contribution in [1.29, 1.82) is 0 Å². The van der Waals surface area contributed by atoms with E-state index in [9.17, 15) is 9.50 Å². The predicted octanol–water partition coefficient (Wildman–Crippen LogP) is 2.77. The molecule has 0 radical (unpaired) electrons. The monoisotopic (exact) mass is 242 g/mol. The molecule has 3 aromatic rings. The summed E-state index contributed by atoms with van der Waals surface area (Å²) in [5, 5.41) is 9.37. The molecule has 2 heterocycles. The van der Waals surface area contributed by atoms with Crippen molar-refractivity contribution in [2.45, 2.75) is 6.42 Å². The van der Waals surface area contributed by atoms with Crippen LogP contribution in [0.5, 0.6) is 5.75 Å². The van der Waals surface area contributed by atoms with Gasteiger partial charge in [-0.05, 0) is 29.8 Å². The van der Waals surface area contributed by atoms with Crippen LogP contribution < -0.4 is 0 Å². The van der Waals surface area contributed by atoms with Crippen molar-refractivity contribution in [3.05, 3.63) is 65.9 Å². The number of fused-ring (bicyclic) bond motifs is 1. The summed E-state index contributed by atoms with van der Waals surface area (Å²) in [7, 11) is 0. The summed E-state index contributed by atoms with van der Waals surface area (Å²) in [6.07, 6.45) is 4.11. The molecule has 3 rings (SSSR count). The Balaban J connectivity index is 1.92. The van der Waals surface area contributed by atoms with Gasteiger partial charge in [-0.2, -0.15) is 0 Å². The Morgan fingerprint density at radius 2 is 1.83 bits per heavy atom. The average molecular weight is 242 g/mol. The van der Waals surface area contributed by atoms with Gasteiger partial charge in [0.2, 0.25) is 0 Å². The summed E-state index contributed by atoms with van der Waals surface area (Å²) >= 11 is 0. The normalized spacial score (nSPS) is 10.9. The molecule has 0 fully saturated rings. The van der Waals surface area contributed by atoms with Crippen molar-refractivity contribution in [3.63, 3.8) is 0 Å². The van der Waals surface area contributed by atoms with E-state index in [1.807, 2.05) is 6.20 Å². The van der Waals surface area contributed by atoms with Crippen molar-refractivity contribution < 1.29 is 9.50 Å². The van der Waals surface area contributed by atoms with Crippen LogP contribution in [0.2, 0.25) is 0 Å². The van der Waals surface area contributed by atoms with Crippen LogP contribution in [-0.4, -0.2) is 14.5 Å². The molecule has 4 heteroatoms. The number of imidazole rings is 1. The zero-order valence-electron chi connectivity index (χ0n) is 9.55. The van der Waals surface area contributed by atoms with Crippen LogP contribution >= 0.6 is 0 Å². The molecule has 0 spiro atoms. The van der Waals surface area contributed by atoms with E-state index in [1.54, 1.807) is 34.9 Å². The molecular formula is C14H11FN2O. The van der Waals surface area contributed by atoms with E-state index in [1.165, 1.54) is 12.1 Å². The highest BCUT2D eigenvalue weighted by atomic mass is 19.1. The van der Waals surface area contributed by atoms with Gasteiger partial charge in [0.25, 0.3) is 0 Å². The number of aromatic nitrogens is 2. The maximum atomic E-state index is 12.8. The minimum Gasteiger partial charge on any atom is -0.506 e. The third-order valence-corrected chi connectivity index (χ3v) is 2.78. The summed E-state index contributed by atoms with van der Waals surface area (Å²) < 4.78 is 14.6. The minimum atomic E-state index is -0.237. The van der Waals surface area contributed by atoms with E-state index in [0.29, 0.717) is 6.42 Å². The van der Waals surface area contributed by atoms with E-state index < -0.39 is 0 Å². The van der Waals surface area contributed by atoms with Crippen molar-refractivity contribution in [1.82, 2.24) is 9.38 Å². The molecule has 18 heavy (non-hydrogen) atoms. The van der Waals surface area contributed by atoms with E-state index >= 15 is 0 Å². The summed E-state index contributed by atoms with van der Waals surface area (Å²) in [4.78, 5) is 4.43. The molecule has 0 aliphatic rings. The molecule has 0 saturated carbocycles. The Bertz CT molecular complexity index is 689. The summed E-state index contributed by atoms with van der Waals surface area (Å²) in [5.74, 6) is -0.0353. The maximum absolute atomic E-state index is 12.8. The van der Waals surface area contributed by atoms with Crippen molar-refractivity contribution in [2.24, 2.45) is 0 Å². The second-order valence-electron chi connectivity index (χ2n) is 4.19. The third-order valence-electron chi connectivity index (χ3n) is 2.78. The van der Waals surface area contributed by atoms with Gasteiger partial charge in [0, 0.05) is 12.6 Å². The molecule has 0 unspecified atom stereocenters. The number of pyridine rings is 1. The molecular weight excluding hydrogens is 231 g/mol. The third kappa shape index (κ3) is 2.05. The Kier molecular flexibility index (Phi) is 2.48. The second kappa shape index (κ2) is 4.14. The quantitative estimate of drug-likeness (QED) is 0.750. The summed E-state index contributed by atoms with van der Waals surface area (Å²) in [6.45, 7) is 0. The Morgan fingerprint density at radius 1 is 1.06 bits per heavy atom. The second-order valence-corrected chi connectivity index (χ2v) is 4.19. The first-order valence-electron chi connectivity index (χ1n) is 5.62. The van der Waals surface area contributed by atoms with Gasteiger partial charge in [-0.1, -0.05) is 12.1 Å². The summed E-state index contributed by atoms with van der Waals surface area (Å²) in [5.41, 5.74) is 2.67. The average Bonchev–Trinajstić information content (AvgIpc) is 2.73. The van der Waals surface area contributed by atoms with Gasteiger partial charge in [0.15, 0.2) is 0 Å². The topological polar surface area (TPSA) is 37.5 Å². The Hall–Kier alpha value is -2.36. The molecule has 90 valence electrons. The molecule has 0 saturated heterocycles. The highest BCUT2D eigenvalue weighted by Gasteiger charge is 2.03. The van der Waals surface area contributed by atoms with Crippen LogP contribution in [-0.2, 0) is 6.42 Å². The number of halogens is 1. The first-order valence-corrected chi connectivity index (χ1v) is 5.62. The number of hydrogen-bond acceptors (Lipinski definition) is 2. The molecule has 0 atom stereocenters. The van der Waals surface area contributed by atoms with E-state index in [-0.39, 0.29) is 11.6 Å². The highest BCUT2D eigenvalue weighted by molar-refractivity contribution is 5.43. The maximum Gasteiger partial charge on any atom is 0.137 e. The first kappa shape index (κ1) is 10.8. The minimum absolute atomic E-state index is 0.202.